The van der Waals surface area contributed by atoms with E-state index < -0.39 is 0 Å². The molecule has 1 unspecified atom stereocenters. The average Bonchev–Trinajstić information content (AvgIpc) is 2.12. The first-order valence-corrected chi connectivity index (χ1v) is 5.12. The molecule has 0 saturated heterocycles. The molecule has 2 N–H and O–H groups in total. The summed E-state index contributed by atoms with van der Waals surface area (Å²) >= 11 is 0. The van der Waals surface area contributed by atoms with E-state index in [1.807, 2.05) is 7.05 Å². The van der Waals surface area contributed by atoms with Gasteiger partial charge in [0.05, 0.1) is 0 Å². The Hall–Kier alpha value is -0.0800. The van der Waals surface area contributed by atoms with Gasteiger partial charge in [-0.15, -0.1) is 0 Å². The maximum atomic E-state index is 3.48. The van der Waals surface area contributed by atoms with E-state index in [1.54, 1.807) is 0 Å². The molecule has 0 rings (SSSR count). The maximum absolute atomic E-state index is 3.48. The van der Waals surface area contributed by atoms with Crippen molar-refractivity contribution in [2.24, 2.45) is 5.92 Å². The molecule has 0 saturated carbocycles. The highest BCUT2D eigenvalue weighted by molar-refractivity contribution is 4.64. The molecular formula is C10H24N2. The molecule has 0 aromatic carbocycles. The smallest absolute Gasteiger partial charge is 0.0161 e. The predicted molar refractivity (Wildman–Crippen MR) is 55.5 cm³/mol. The lowest BCUT2D eigenvalue weighted by Crippen LogP contribution is -2.36. The molecule has 74 valence electrons. The van der Waals surface area contributed by atoms with Crippen LogP contribution in [-0.2, 0) is 0 Å². The first kappa shape index (κ1) is 11.9. The fourth-order valence-corrected chi connectivity index (χ4v) is 1.18. The summed E-state index contributed by atoms with van der Waals surface area (Å²) in [4.78, 5) is 0. The molecule has 1 atom stereocenters. The molecule has 2 nitrogen and oxygen atoms in total. The van der Waals surface area contributed by atoms with Gasteiger partial charge in [0.15, 0.2) is 0 Å². The molecule has 0 bridgehead atoms. The Bertz CT molecular complexity index is 89.8. The summed E-state index contributed by atoms with van der Waals surface area (Å²) in [7, 11) is 2.00. The van der Waals surface area contributed by atoms with E-state index in [0.717, 1.165) is 12.5 Å². The van der Waals surface area contributed by atoms with Crippen molar-refractivity contribution in [3.8, 4) is 0 Å². The highest BCUT2D eigenvalue weighted by Gasteiger charge is 2.03. The van der Waals surface area contributed by atoms with Gasteiger partial charge >= 0.3 is 0 Å². The molecule has 0 heterocycles. The van der Waals surface area contributed by atoms with Crippen LogP contribution in [0.15, 0.2) is 0 Å². The first-order chi connectivity index (χ1) is 5.74. The SMILES string of the molecule is CCC(CC)CNCC(C)NC. The summed E-state index contributed by atoms with van der Waals surface area (Å²) in [6.07, 6.45) is 2.58. The lowest BCUT2D eigenvalue weighted by molar-refractivity contribution is 0.431. The second kappa shape index (κ2) is 7.56. The van der Waals surface area contributed by atoms with Crippen molar-refractivity contribution in [3.05, 3.63) is 0 Å². The van der Waals surface area contributed by atoms with Crippen LogP contribution < -0.4 is 10.6 Å². The van der Waals surface area contributed by atoms with Crippen LogP contribution in [0.2, 0.25) is 0 Å². The summed E-state index contributed by atoms with van der Waals surface area (Å²) in [6.45, 7) is 8.96. The van der Waals surface area contributed by atoms with Crippen molar-refractivity contribution in [3.63, 3.8) is 0 Å². The Kier molecular flexibility index (Phi) is 7.51. The van der Waals surface area contributed by atoms with Crippen molar-refractivity contribution >= 4 is 0 Å². The van der Waals surface area contributed by atoms with E-state index in [4.69, 9.17) is 0 Å². The molecule has 0 amide bonds. The molecule has 0 aliphatic rings. The van der Waals surface area contributed by atoms with E-state index in [0.29, 0.717) is 6.04 Å². The first-order valence-electron chi connectivity index (χ1n) is 5.12. The lowest BCUT2D eigenvalue weighted by atomic mass is 10.0. The van der Waals surface area contributed by atoms with Gasteiger partial charge in [0.1, 0.15) is 0 Å². The number of rotatable bonds is 7. The molecular weight excluding hydrogens is 148 g/mol. The van der Waals surface area contributed by atoms with Gasteiger partial charge in [-0.2, -0.15) is 0 Å². The maximum Gasteiger partial charge on any atom is 0.0161 e. The minimum Gasteiger partial charge on any atom is -0.316 e. The third-order valence-corrected chi connectivity index (χ3v) is 2.53. The largest absolute Gasteiger partial charge is 0.316 e. The molecule has 12 heavy (non-hydrogen) atoms. The molecule has 0 aliphatic carbocycles. The lowest BCUT2D eigenvalue weighted by Gasteiger charge is -2.16. The van der Waals surface area contributed by atoms with Crippen LogP contribution in [0.1, 0.15) is 33.6 Å². The summed E-state index contributed by atoms with van der Waals surface area (Å²) in [5.74, 6) is 0.856. The summed E-state index contributed by atoms with van der Waals surface area (Å²) in [5, 5.41) is 6.69. The number of hydrogen-bond donors (Lipinski definition) is 2. The second-order valence-electron chi connectivity index (χ2n) is 3.53. The molecule has 0 aromatic rings. The third-order valence-electron chi connectivity index (χ3n) is 2.53. The Labute approximate surface area is 77.1 Å². The highest BCUT2D eigenvalue weighted by Crippen LogP contribution is 2.04. The Balaban J connectivity index is 3.28. The summed E-state index contributed by atoms with van der Waals surface area (Å²) < 4.78 is 0. The molecule has 0 fully saturated rings. The molecule has 0 radical (unpaired) electrons. The number of nitrogens with one attached hydrogen (secondary N) is 2. The number of likely N-dealkylation sites (N-methyl/N-ethyl adjacent to an activating group) is 1. The zero-order valence-electron chi connectivity index (χ0n) is 8.98. The van der Waals surface area contributed by atoms with Gasteiger partial charge in [-0.1, -0.05) is 26.7 Å². The summed E-state index contributed by atoms with van der Waals surface area (Å²) in [5.41, 5.74) is 0. The van der Waals surface area contributed by atoms with Crippen LogP contribution >= 0.6 is 0 Å². The van der Waals surface area contributed by atoms with Crippen molar-refractivity contribution in [1.82, 2.24) is 10.6 Å². The van der Waals surface area contributed by atoms with Gasteiger partial charge in [-0.25, -0.2) is 0 Å². The van der Waals surface area contributed by atoms with Crippen LogP contribution in [0.5, 0.6) is 0 Å². The zero-order valence-corrected chi connectivity index (χ0v) is 8.98. The monoisotopic (exact) mass is 172 g/mol. The van der Waals surface area contributed by atoms with E-state index in [9.17, 15) is 0 Å². The summed E-state index contributed by atoms with van der Waals surface area (Å²) in [6, 6.07) is 0.583. The molecule has 0 aliphatic heterocycles. The fourth-order valence-electron chi connectivity index (χ4n) is 1.18. The van der Waals surface area contributed by atoms with Gasteiger partial charge in [0, 0.05) is 12.6 Å². The Morgan fingerprint density at radius 1 is 1.08 bits per heavy atom. The van der Waals surface area contributed by atoms with Crippen LogP contribution in [0.3, 0.4) is 0 Å². The Morgan fingerprint density at radius 2 is 1.67 bits per heavy atom. The van der Waals surface area contributed by atoms with Gasteiger partial charge in [0.25, 0.3) is 0 Å². The van der Waals surface area contributed by atoms with Crippen LogP contribution in [0.25, 0.3) is 0 Å². The number of hydrogen-bond acceptors (Lipinski definition) is 2. The minimum absolute atomic E-state index is 0.583. The topological polar surface area (TPSA) is 24.1 Å². The minimum atomic E-state index is 0.583. The van der Waals surface area contributed by atoms with Crippen molar-refractivity contribution in [2.45, 2.75) is 39.7 Å². The van der Waals surface area contributed by atoms with Gasteiger partial charge in [-0.05, 0) is 26.4 Å². The normalized spacial score (nSPS) is 13.8. The standard InChI is InChI=1S/C10H24N2/c1-5-10(6-2)8-12-7-9(3)11-4/h9-12H,5-8H2,1-4H3. The van der Waals surface area contributed by atoms with Crippen molar-refractivity contribution in [1.29, 1.82) is 0 Å². The van der Waals surface area contributed by atoms with Crippen LogP contribution in [-0.4, -0.2) is 26.2 Å². The zero-order chi connectivity index (χ0) is 9.40. The van der Waals surface area contributed by atoms with E-state index in [1.165, 1.54) is 19.4 Å². The molecule has 0 spiro atoms. The van der Waals surface area contributed by atoms with Crippen LogP contribution in [0.4, 0.5) is 0 Å². The van der Waals surface area contributed by atoms with Gasteiger partial charge in [-0.3, -0.25) is 0 Å². The second-order valence-corrected chi connectivity index (χ2v) is 3.53. The van der Waals surface area contributed by atoms with Crippen molar-refractivity contribution < 1.29 is 0 Å². The molecule has 2 heteroatoms. The van der Waals surface area contributed by atoms with Crippen LogP contribution in [0, 0.1) is 5.92 Å². The van der Waals surface area contributed by atoms with E-state index >= 15 is 0 Å². The molecule has 0 aromatic heterocycles. The third kappa shape index (κ3) is 5.56. The predicted octanol–water partition coefficient (Wildman–Crippen LogP) is 1.62. The van der Waals surface area contributed by atoms with E-state index in [2.05, 4.69) is 31.4 Å². The highest BCUT2D eigenvalue weighted by atomic mass is 15.0. The van der Waals surface area contributed by atoms with E-state index in [-0.39, 0.29) is 0 Å². The van der Waals surface area contributed by atoms with Gasteiger partial charge in [0.2, 0.25) is 0 Å². The van der Waals surface area contributed by atoms with Crippen molar-refractivity contribution in [2.75, 3.05) is 20.1 Å². The van der Waals surface area contributed by atoms with Gasteiger partial charge < -0.3 is 10.6 Å². The fraction of sp³-hybridized carbons (Fsp3) is 1.00. The Morgan fingerprint density at radius 3 is 2.08 bits per heavy atom. The quantitative estimate of drug-likeness (QED) is 0.610. The average molecular weight is 172 g/mol.